The van der Waals surface area contributed by atoms with E-state index in [9.17, 15) is 9.59 Å². The molecule has 162 valence electrons. The van der Waals surface area contributed by atoms with Crippen molar-refractivity contribution < 1.29 is 19.1 Å². The van der Waals surface area contributed by atoms with Gasteiger partial charge in [-0.3, -0.25) is 10.1 Å². The van der Waals surface area contributed by atoms with Gasteiger partial charge in [-0.1, -0.05) is 36.4 Å². The molecule has 0 saturated carbocycles. The molecule has 32 heavy (non-hydrogen) atoms. The third-order valence-electron chi connectivity index (χ3n) is 5.58. The Labute approximate surface area is 185 Å². The number of amides is 3. The number of nitrogens with one attached hydrogen (secondary N) is 2. The number of hydrogen-bond acceptors (Lipinski definition) is 5. The molecule has 1 aromatic heterocycles. The van der Waals surface area contributed by atoms with Gasteiger partial charge in [0.1, 0.15) is 5.82 Å². The molecule has 3 amide bonds. The van der Waals surface area contributed by atoms with Crippen LogP contribution in [0.5, 0.6) is 11.5 Å². The second-order valence-electron chi connectivity index (χ2n) is 7.71. The summed E-state index contributed by atoms with van der Waals surface area (Å²) in [4.78, 5) is 30.9. The Morgan fingerprint density at radius 2 is 1.91 bits per heavy atom. The average Bonchev–Trinajstić information content (AvgIpc) is 3.44. The molecule has 1 unspecified atom stereocenters. The third kappa shape index (κ3) is 4.20. The van der Waals surface area contributed by atoms with Gasteiger partial charge in [0.2, 0.25) is 12.7 Å². The molecule has 2 N–H and O–H groups in total. The Morgan fingerprint density at radius 3 is 2.78 bits per heavy atom. The summed E-state index contributed by atoms with van der Waals surface area (Å²) in [7, 11) is 0. The highest BCUT2D eigenvalue weighted by Crippen LogP contribution is 2.33. The molecular formula is C24H22N4O4. The number of hydrogen-bond donors (Lipinski definition) is 2. The van der Waals surface area contributed by atoms with Crippen molar-refractivity contribution in [3.05, 3.63) is 78.0 Å². The molecule has 0 spiro atoms. The van der Waals surface area contributed by atoms with Crippen LogP contribution in [0.2, 0.25) is 0 Å². The Hall–Kier alpha value is -4.07. The van der Waals surface area contributed by atoms with Gasteiger partial charge in [-0.2, -0.15) is 0 Å². The fourth-order valence-corrected chi connectivity index (χ4v) is 3.96. The number of aromatic nitrogens is 1. The van der Waals surface area contributed by atoms with Gasteiger partial charge in [-0.05, 0) is 29.3 Å². The van der Waals surface area contributed by atoms with Crippen molar-refractivity contribution >= 4 is 23.4 Å². The van der Waals surface area contributed by atoms with E-state index in [-0.39, 0.29) is 24.6 Å². The minimum absolute atomic E-state index is 0.0586. The number of urea groups is 1. The van der Waals surface area contributed by atoms with Crippen molar-refractivity contribution in [2.45, 2.75) is 18.9 Å². The lowest BCUT2D eigenvalue weighted by Crippen LogP contribution is -2.29. The molecule has 0 aliphatic carbocycles. The Morgan fingerprint density at radius 1 is 1.06 bits per heavy atom. The van der Waals surface area contributed by atoms with Gasteiger partial charge in [-0.15, -0.1) is 0 Å². The summed E-state index contributed by atoms with van der Waals surface area (Å²) in [5.74, 6) is 1.96. The van der Waals surface area contributed by atoms with E-state index in [2.05, 4.69) is 15.6 Å². The van der Waals surface area contributed by atoms with Crippen molar-refractivity contribution in [3.8, 4) is 11.5 Å². The maximum absolute atomic E-state index is 12.6. The maximum atomic E-state index is 12.6. The smallest absolute Gasteiger partial charge is 0.320 e. The number of benzene rings is 2. The zero-order valence-electron chi connectivity index (χ0n) is 17.3. The van der Waals surface area contributed by atoms with E-state index in [0.717, 1.165) is 16.8 Å². The van der Waals surface area contributed by atoms with Crippen LogP contribution in [0.3, 0.4) is 0 Å². The second-order valence-corrected chi connectivity index (χ2v) is 7.71. The van der Waals surface area contributed by atoms with E-state index in [1.54, 1.807) is 23.2 Å². The first-order valence-electron chi connectivity index (χ1n) is 10.4. The normalized spacial score (nSPS) is 16.8. The highest BCUT2D eigenvalue weighted by molar-refractivity contribution is 5.97. The first kappa shape index (κ1) is 19.9. The van der Waals surface area contributed by atoms with E-state index in [4.69, 9.17) is 9.47 Å². The second kappa shape index (κ2) is 8.58. The van der Waals surface area contributed by atoms with Gasteiger partial charge < -0.3 is 19.7 Å². The highest BCUT2D eigenvalue weighted by atomic mass is 16.7. The lowest BCUT2D eigenvalue weighted by molar-refractivity contribution is -0.117. The van der Waals surface area contributed by atoms with E-state index >= 15 is 0 Å². The first-order valence-corrected chi connectivity index (χ1v) is 10.4. The minimum Gasteiger partial charge on any atom is -0.454 e. The summed E-state index contributed by atoms with van der Waals surface area (Å²) < 4.78 is 10.6. The number of carbonyl (C=O) groups is 2. The predicted octanol–water partition coefficient (Wildman–Crippen LogP) is 3.65. The van der Waals surface area contributed by atoms with Crippen LogP contribution in [0.1, 0.15) is 23.5 Å². The standard InChI is InChI=1S/C24H22N4O4/c29-23-11-18(17-4-2-1-3-5-17)14-28(23)19-8-9-25-22(12-19)27-24(30)26-13-16-6-7-20-21(10-16)32-15-31-20/h1-10,12,18H,11,13-15H2,(H2,25,26,27,30). The van der Waals surface area contributed by atoms with Crippen LogP contribution in [0, 0.1) is 0 Å². The molecule has 0 bridgehead atoms. The van der Waals surface area contributed by atoms with Crippen molar-refractivity contribution in [1.29, 1.82) is 0 Å². The number of rotatable bonds is 5. The Bertz CT molecular complexity index is 1150. The quantitative estimate of drug-likeness (QED) is 0.645. The number of ether oxygens (including phenoxy) is 2. The third-order valence-corrected chi connectivity index (χ3v) is 5.58. The van der Waals surface area contributed by atoms with Gasteiger partial charge in [0.15, 0.2) is 11.5 Å². The van der Waals surface area contributed by atoms with Gasteiger partial charge in [0, 0.05) is 43.4 Å². The largest absolute Gasteiger partial charge is 0.454 e. The minimum atomic E-state index is -0.387. The molecule has 2 aliphatic rings. The van der Waals surface area contributed by atoms with Crippen LogP contribution in [0.15, 0.2) is 66.9 Å². The van der Waals surface area contributed by atoms with Crippen molar-refractivity contribution in [2.75, 3.05) is 23.6 Å². The van der Waals surface area contributed by atoms with E-state index in [1.165, 1.54) is 0 Å². The molecule has 8 nitrogen and oxygen atoms in total. The summed E-state index contributed by atoms with van der Waals surface area (Å²) >= 11 is 0. The average molecular weight is 430 g/mol. The number of carbonyl (C=O) groups excluding carboxylic acids is 2. The monoisotopic (exact) mass is 430 g/mol. The summed E-state index contributed by atoms with van der Waals surface area (Å²) in [5.41, 5.74) is 2.76. The summed E-state index contributed by atoms with van der Waals surface area (Å²) in [6.07, 6.45) is 2.05. The zero-order valence-corrected chi connectivity index (χ0v) is 17.3. The molecule has 3 aromatic rings. The molecule has 8 heteroatoms. The number of pyridine rings is 1. The molecule has 1 saturated heterocycles. The molecule has 3 heterocycles. The van der Waals surface area contributed by atoms with Crippen molar-refractivity contribution in [2.24, 2.45) is 0 Å². The Balaban J connectivity index is 1.20. The molecule has 0 radical (unpaired) electrons. The fraction of sp³-hybridized carbons (Fsp3) is 0.208. The van der Waals surface area contributed by atoms with Crippen LogP contribution in [0.4, 0.5) is 16.3 Å². The first-order chi connectivity index (χ1) is 15.7. The number of anilines is 2. The molecule has 5 rings (SSSR count). The Kier molecular flexibility index (Phi) is 5.33. The predicted molar refractivity (Wildman–Crippen MR) is 119 cm³/mol. The van der Waals surface area contributed by atoms with Crippen LogP contribution < -0.4 is 25.0 Å². The summed E-state index contributed by atoms with van der Waals surface area (Å²) in [6.45, 7) is 1.13. The van der Waals surface area contributed by atoms with E-state index in [0.29, 0.717) is 36.8 Å². The topological polar surface area (TPSA) is 92.8 Å². The summed E-state index contributed by atoms with van der Waals surface area (Å²) in [5, 5.41) is 5.53. The van der Waals surface area contributed by atoms with Crippen LogP contribution in [-0.4, -0.2) is 30.3 Å². The molecule has 1 fully saturated rings. The van der Waals surface area contributed by atoms with Crippen LogP contribution >= 0.6 is 0 Å². The van der Waals surface area contributed by atoms with Crippen molar-refractivity contribution in [3.63, 3.8) is 0 Å². The maximum Gasteiger partial charge on any atom is 0.320 e. The van der Waals surface area contributed by atoms with Crippen molar-refractivity contribution in [1.82, 2.24) is 10.3 Å². The van der Waals surface area contributed by atoms with Gasteiger partial charge in [0.05, 0.1) is 0 Å². The molecule has 1 atom stereocenters. The molecular weight excluding hydrogens is 408 g/mol. The fourth-order valence-electron chi connectivity index (χ4n) is 3.96. The van der Waals surface area contributed by atoms with E-state index in [1.807, 2.05) is 48.5 Å². The van der Waals surface area contributed by atoms with Crippen LogP contribution in [-0.2, 0) is 11.3 Å². The lowest BCUT2D eigenvalue weighted by atomic mass is 9.99. The number of fused-ring (bicyclic) bond motifs is 1. The lowest BCUT2D eigenvalue weighted by Gasteiger charge is -2.18. The highest BCUT2D eigenvalue weighted by Gasteiger charge is 2.31. The molecule has 2 aliphatic heterocycles. The number of nitrogens with zero attached hydrogens (tertiary/aromatic N) is 2. The van der Waals surface area contributed by atoms with E-state index < -0.39 is 0 Å². The zero-order chi connectivity index (χ0) is 21.9. The van der Waals surface area contributed by atoms with Gasteiger partial charge >= 0.3 is 6.03 Å². The molecule has 2 aromatic carbocycles. The summed E-state index contributed by atoms with van der Waals surface area (Å²) in [6, 6.07) is 18.7. The van der Waals surface area contributed by atoms with Gasteiger partial charge in [0.25, 0.3) is 0 Å². The van der Waals surface area contributed by atoms with Gasteiger partial charge in [-0.25, -0.2) is 9.78 Å². The SMILES string of the molecule is O=C(NCc1ccc2c(c1)OCO2)Nc1cc(N2CC(c3ccccc3)CC2=O)ccn1. The van der Waals surface area contributed by atoms with Crippen LogP contribution in [0.25, 0.3) is 0 Å².